The summed E-state index contributed by atoms with van der Waals surface area (Å²) in [5.41, 5.74) is 4.84. The summed E-state index contributed by atoms with van der Waals surface area (Å²) in [6.45, 7) is 0. The lowest BCUT2D eigenvalue weighted by Gasteiger charge is -2.13. The van der Waals surface area contributed by atoms with Gasteiger partial charge in [-0.15, -0.1) is 0 Å². The Bertz CT molecular complexity index is 1260. The van der Waals surface area contributed by atoms with Crippen molar-refractivity contribution in [2.45, 2.75) is 0 Å². The van der Waals surface area contributed by atoms with Crippen molar-refractivity contribution in [1.82, 2.24) is 10.7 Å². The fourth-order valence-electron chi connectivity index (χ4n) is 3.05. The number of anilines is 1. The van der Waals surface area contributed by atoms with Gasteiger partial charge in [0, 0.05) is 35.4 Å². The van der Waals surface area contributed by atoms with Crippen LogP contribution in [0.3, 0.4) is 0 Å². The van der Waals surface area contributed by atoms with E-state index in [1.54, 1.807) is 48.5 Å². The Labute approximate surface area is 212 Å². The van der Waals surface area contributed by atoms with Crippen LogP contribution in [0.25, 0.3) is 6.08 Å². The van der Waals surface area contributed by atoms with E-state index in [9.17, 15) is 14.7 Å². The Hall–Kier alpha value is -4.11. The Kier molecular flexibility index (Phi) is 8.63. The van der Waals surface area contributed by atoms with E-state index < -0.39 is 11.8 Å². The van der Waals surface area contributed by atoms with Crippen molar-refractivity contribution in [3.63, 3.8) is 0 Å². The van der Waals surface area contributed by atoms with Gasteiger partial charge >= 0.3 is 0 Å². The summed E-state index contributed by atoms with van der Waals surface area (Å²) in [5.74, 6) is -0.939. The molecule has 0 radical (unpaired) electrons. The van der Waals surface area contributed by atoms with Crippen molar-refractivity contribution in [1.29, 1.82) is 0 Å². The van der Waals surface area contributed by atoms with Gasteiger partial charge in [0.25, 0.3) is 11.8 Å². The molecule has 35 heavy (non-hydrogen) atoms. The third-order valence-electron chi connectivity index (χ3n) is 4.91. The van der Waals surface area contributed by atoms with Gasteiger partial charge < -0.3 is 20.1 Å². The Morgan fingerprint density at radius 1 is 1.06 bits per heavy atom. The van der Waals surface area contributed by atoms with E-state index in [0.29, 0.717) is 21.2 Å². The molecule has 0 heterocycles. The van der Waals surface area contributed by atoms with E-state index in [1.807, 2.05) is 43.3 Å². The maximum Gasteiger partial charge on any atom is 0.287 e. The average Bonchev–Trinajstić information content (AvgIpc) is 2.86. The number of hydrazone groups is 1. The van der Waals surface area contributed by atoms with Gasteiger partial charge in [-0.2, -0.15) is 5.10 Å². The van der Waals surface area contributed by atoms with Crippen LogP contribution in [-0.2, 0) is 4.79 Å². The summed E-state index contributed by atoms with van der Waals surface area (Å²) in [6, 6.07) is 19.3. The summed E-state index contributed by atoms with van der Waals surface area (Å²) in [7, 11) is 5.29. The molecule has 8 nitrogen and oxygen atoms in total. The van der Waals surface area contributed by atoms with Gasteiger partial charge in [-0.3, -0.25) is 9.59 Å². The molecule has 3 aromatic carbocycles. The molecule has 3 N–H and O–H groups in total. The molecule has 2 amide bonds. The molecule has 3 aromatic rings. The minimum atomic E-state index is -0.635. The first-order chi connectivity index (χ1) is 16.8. The van der Waals surface area contributed by atoms with Gasteiger partial charge in [-0.1, -0.05) is 46.3 Å². The van der Waals surface area contributed by atoms with Crippen LogP contribution in [0.1, 0.15) is 21.5 Å². The Morgan fingerprint density at radius 2 is 1.74 bits per heavy atom. The summed E-state index contributed by atoms with van der Waals surface area (Å²) in [5, 5.41) is 16.9. The number of hydrogen-bond donors (Lipinski definition) is 3. The summed E-state index contributed by atoms with van der Waals surface area (Å²) in [6.07, 6.45) is 2.84. The van der Waals surface area contributed by atoms with Gasteiger partial charge in [0.05, 0.1) is 13.3 Å². The van der Waals surface area contributed by atoms with Crippen LogP contribution in [0, 0.1) is 0 Å². The average molecular weight is 537 g/mol. The predicted molar refractivity (Wildman–Crippen MR) is 141 cm³/mol. The molecule has 0 bridgehead atoms. The number of benzene rings is 3. The number of rotatable bonds is 8. The number of aromatic hydroxyl groups is 1. The molecule has 0 aliphatic heterocycles. The third-order valence-corrected chi connectivity index (χ3v) is 5.37. The topological polar surface area (TPSA) is 103 Å². The summed E-state index contributed by atoms with van der Waals surface area (Å²) in [4.78, 5) is 27.6. The standard InChI is InChI=1S/C26H25BrN4O4/c1-31(2)21-11-9-17(10-12-21)13-22(29-25(33)18-7-5-4-6-8-18)26(34)30-28-16-19-14-20(27)15-23(35-3)24(19)32/h4-16,32H,1-3H3,(H,29,33)(H,30,34)/b22-13?,28-16+. The van der Waals surface area contributed by atoms with Gasteiger partial charge in [0.2, 0.25) is 0 Å². The van der Waals surface area contributed by atoms with E-state index in [4.69, 9.17) is 4.74 Å². The monoisotopic (exact) mass is 536 g/mol. The predicted octanol–water partition coefficient (Wildman–Crippen LogP) is 4.15. The fourth-order valence-corrected chi connectivity index (χ4v) is 3.50. The zero-order valence-corrected chi connectivity index (χ0v) is 21.0. The molecule has 3 rings (SSSR count). The number of phenols is 1. The molecule has 0 saturated heterocycles. The van der Waals surface area contributed by atoms with E-state index >= 15 is 0 Å². The molecule has 0 aliphatic rings. The normalized spacial score (nSPS) is 11.3. The maximum absolute atomic E-state index is 12.9. The number of amides is 2. The van der Waals surface area contributed by atoms with E-state index in [2.05, 4.69) is 31.8 Å². The number of ether oxygens (including phenoxy) is 1. The molecule has 0 fully saturated rings. The molecular formula is C26H25BrN4O4. The van der Waals surface area contributed by atoms with Crippen LogP contribution in [0.4, 0.5) is 5.69 Å². The molecular weight excluding hydrogens is 512 g/mol. The van der Waals surface area contributed by atoms with Crippen LogP contribution in [0.2, 0.25) is 0 Å². The van der Waals surface area contributed by atoms with Crippen LogP contribution in [-0.4, -0.2) is 44.3 Å². The van der Waals surface area contributed by atoms with E-state index in [-0.39, 0.29) is 17.2 Å². The second-order valence-corrected chi connectivity index (χ2v) is 8.52. The highest BCUT2D eigenvalue weighted by Gasteiger charge is 2.15. The summed E-state index contributed by atoms with van der Waals surface area (Å²) < 4.78 is 5.78. The first kappa shape index (κ1) is 25.5. The second kappa shape index (κ2) is 11.8. The van der Waals surface area contributed by atoms with Crippen molar-refractivity contribution in [3.05, 3.63) is 93.6 Å². The van der Waals surface area contributed by atoms with Crippen LogP contribution in [0.15, 0.2) is 82.0 Å². The number of nitrogens with zero attached hydrogens (tertiary/aromatic N) is 2. The maximum atomic E-state index is 12.9. The zero-order valence-electron chi connectivity index (χ0n) is 19.4. The SMILES string of the molecule is COc1cc(Br)cc(/C=N/NC(=O)C(=Cc2ccc(N(C)C)cc2)NC(=O)c2ccccc2)c1O. The van der Waals surface area contributed by atoms with Crippen molar-refractivity contribution in [2.75, 3.05) is 26.1 Å². The Balaban J connectivity index is 1.85. The molecule has 9 heteroatoms. The van der Waals surface area contributed by atoms with Gasteiger partial charge in [0.15, 0.2) is 11.5 Å². The molecule has 0 saturated carbocycles. The van der Waals surface area contributed by atoms with Crippen molar-refractivity contribution in [3.8, 4) is 11.5 Å². The number of methoxy groups -OCH3 is 1. The lowest BCUT2D eigenvalue weighted by atomic mass is 10.1. The molecule has 0 spiro atoms. The number of halogens is 1. The number of phenolic OH excluding ortho intramolecular Hbond substituents is 1. The fraction of sp³-hybridized carbons (Fsp3) is 0.115. The number of carbonyl (C=O) groups excluding carboxylic acids is 2. The number of nitrogens with one attached hydrogen (secondary N) is 2. The van der Waals surface area contributed by atoms with Crippen LogP contribution >= 0.6 is 15.9 Å². The van der Waals surface area contributed by atoms with Crippen molar-refractivity contribution in [2.24, 2.45) is 5.10 Å². The van der Waals surface area contributed by atoms with Crippen LogP contribution in [0.5, 0.6) is 11.5 Å². The highest BCUT2D eigenvalue weighted by atomic mass is 79.9. The molecule has 0 aromatic heterocycles. The minimum Gasteiger partial charge on any atom is -0.504 e. The minimum absolute atomic E-state index is 0.00431. The van der Waals surface area contributed by atoms with Crippen LogP contribution < -0.4 is 20.4 Å². The highest BCUT2D eigenvalue weighted by molar-refractivity contribution is 9.10. The molecule has 0 aliphatic carbocycles. The quantitative estimate of drug-likeness (QED) is 0.228. The third kappa shape index (κ3) is 6.94. The van der Waals surface area contributed by atoms with Gasteiger partial charge in [0.1, 0.15) is 5.70 Å². The number of carbonyl (C=O) groups is 2. The van der Waals surface area contributed by atoms with Crippen molar-refractivity contribution < 1.29 is 19.4 Å². The van der Waals surface area contributed by atoms with E-state index in [0.717, 1.165) is 5.69 Å². The largest absolute Gasteiger partial charge is 0.504 e. The summed E-state index contributed by atoms with van der Waals surface area (Å²) >= 11 is 3.33. The smallest absolute Gasteiger partial charge is 0.287 e. The highest BCUT2D eigenvalue weighted by Crippen LogP contribution is 2.32. The first-order valence-electron chi connectivity index (χ1n) is 10.5. The molecule has 0 atom stereocenters. The van der Waals surface area contributed by atoms with E-state index in [1.165, 1.54) is 13.3 Å². The second-order valence-electron chi connectivity index (χ2n) is 7.61. The lowest BCUT2D eigenvalue weighted by molar-refractivity contribution is -0.117. The zero-order chi connectivity index (χ0) is 25.4. The van der Waals surface area contributed by atoms with Crippen molar-refractivity contribution >= 4 is 45.7 Å². The Morgan fingerprint density at radius 3 is 2.37 bits per heavy atom. The molecule has 0 unspecified atom stereocenters. The van der Waals surface area contributed by atoms with Gasteiger partial charge in [-0.25, -0.2) is 5.43 Å². The first-order valence-corrected chi connectivity index (χ1v) is 11.3. The lowest BCUT2D eigenvalue weighted by Crippen LogP contribution is -2.32. The number of hydrogen-bond acceptors (Lipinski definition) is 6. The van der Waals surface area contributed by atoms with Gasteiger partial charge in [-0.05, 0) is 48.0 Å². The molecule has 180 valence electrons.